The van der Waals surface area contributed by atoms with Crippen LogP contribution in [0.1, 0.15) is 6.92 Å². The van der Waals surface area contributed by atoms with Crippen LogP contribution in [0.15, 0.2) is 4.99 Å². The Bertz CT molecular complexity index is 18.5. The van der Waals surface area contributed by atoms with Crippen molar-refractivity contribution in [1.82, 2.24) is 0 Å². The van der Waals surface area contributed by atoms with Crippen LogP contribution in [0.25, 0.3) is 0 Å². The maximum absolute atomic E-state index is 3.61. The molecule has 0 N–H and O–H groups in total. The first kappa shape index (κ1) is 3.67. The van der Waals surface area contributed by atoms with Crippen molar-refractivity contribution in [3.8, 4) is 0 Å². The molecule has 0 aromatic rings. The highest BCUT2D eigenvalue weighted by Gasteiger charge is 1.32. The fraction of sp³-hybridized carbons (Fsp3) is 0.667. The number of aliphatic imine (C=N–C) groups is 1. The second-order valence-electron chi connectivity index (χ2n) is 0.516. The molecule has 0 spiro atoms. The van der Waals surface area contributed by atoms with Crippen LogP contribution in [0.4, 0.5) is 0 Å². The van der Waals surface area contributed by atoms with Gasteiger partial charge >= 0.3 is 0 Å². The highest BCUT2D eigenvalue weighted by Crippen LogP contribution is 1.39. The second-order valence-corrected chi connectivity index (χ2v) is 0.516. The van der Waals surface area contributed by atoms with Crippen molar-refractivity contribution in [2.45, 2.75) is 6.92 Å². The minimum Gasteiger partial charge on any atom is -0.301 e. The summed E-state index contributed by atoms with van der Waals surface area (Å²) in [6.07, 6.45) is 1.75. The van der Waals surface area contributed by atoms with E-state index in [4.69, 9.17) is 0 Å². The largest absolute Gasteiger partial charge is 0.301 e. The van der Waals surface area contributed by atoms with E-state index in [9.17, 15) is 0 Å². The van der Waals surface area contributed by atoms with E-state index >= 15 is 0 Å². The summed E-state index contributed by atoms with van der Waals surface area (Å²) in [6, 6.07) is 0. The Labute approximate surface area is 26.4 Å². The average molecular weight is 57.1 g/mol. The Morgan fingerprint density at radius 2 is 2.00 bits per heavy atom. The van der Waals surface area contributed by atoms with Gasteiger partial charge in [-0.05, 0) is 13.1 Å². The van der Waals surface area contributed by atoms with Crippen LogP contribution in [-0.2, 0) is 0 Å². The van der Waals surface area contributed by atoms with Crippen molar-refractivity contribution in [2.75, 3.05) is 7.05 Å². The fourth-order valence-corrected chi connectivity index (χ4v) is 0. The van der Waals surface area contributed by atoms with E-state index in [1.54, 1.807) is 13.3 Å². The second kappa shape index (κ2) is 2.67. The van der Waals surface area contributed by atoms with E-state index in [1.165, 1.54) is 0 Å². The van der Waals surface area contributed by atoms with Gasteiger partial charge in [-0.15, -0.1) is 0 Å². The molecule has 0 aliphatic carbocycles. The molecule has 0 bridgehead atoms. The van der Waals surface area contributed by atoms with Crippen molar-refractivity contribution in [1.29, 1.82) is 0 Å². The van der Waals surface area contributed by atoms with Gasteiger partial charge in [-0.25, -0.2) is 0 Å². The van der Waals surface area contributed by atoms with Gasteiger partial charge in [0.05, 0.1) is 0 Å². The lowest BCUT2D eigenvalue weighted by atomic mass is 10.9. The zero-order valence-corrected chi connectivity index (χ0v) is 3.02. The summed E-state index contributed by atoms with van der Waals surface area (Å²) in [5.74, 6) is 0. The van der Waals surface area contributed by atoms with Gasteiger partial charge in [-0.1, -0.05) is 0 Å². The number of nitrogens with zero attached hydrogens (tertiary/aromatic N) is 1. The lowest BCUT2D eigenvalue weighted by Crippen LogP contribution is -1.47. The van der Waals surface area contributed by atoms with Crippen molar-refractivity contribution >= 4 is 6.21 Å². The van der Waals surface area contributed by atoms with E-state index in [1.807, 2.05) is 6.92 Å². The van der Waals surface area contributed by atoms with Gasteiger partial charge in [0.1, 0.15) is 0 Å². The summed E-state index contributed by atoms with van der Waals surface area (Å²) in [6.45, 7) is 1.89. The van der Waals surface area contributed by atoms with Gasteiger partial charge in [-0.2, -0.15) is 0 Å². The number of rotatable bonds is 0. The van der Waals surface area contributed by atoms with Gasteiger partial charge in [0.25, 0.3) is 0 Å². The van der Waals surface area contributed by atoms with Crippen LogP contribution < -0.4 is 0 Å². The third-order valence-electron chi connectivity index (χ3n) is 0.258. The van der Waals surface area contributed by atoms with E-state index in [-0.39, 0.29) is 0 Å². The summed E-state index contributed by atoms with van der Waals surface area (Å²) in [7, 11) is 1.75. The molecule has 0 aliphatic heterocycles. The molecule has 0 rings (SSSR count). The first-order valence-electron chi connectivity index (χ1n) is 1.28. The van der Waals surface area contributed by atoms with Crippen LogP contribution in [0.2, 0.25) is 0 Å². The zero-order valence-electron chi connectivity index (χ0n) is 3.02. The average Bonchev–Trinajstić information content (AvgIpc) is 1.37. The molecule has 1 heteroatoms. The van der Waals surface area contributed by atoms with Gasteiger partial charge in [0.2, 0.25) is 0 Å². The first-order valence-corrected chi connectivity index (χ1v) is 1.28. The summed E-state index contributed by atoms with van der Waals surface area (Å²) < 4.78 is 0. The molecule has 0 amide bonds. The molecule has 24 valence electrons. The number of hydrogen-bond acceptors (Lipinski definition) is 1. The maximum atomic E-state index is 3.61. The van der Waals surface area contributed by atoms with Gasteiger partial charge in [0, 0.05) is 7.05 Å². The van der Waals surface area contributed by atoms with Crippen LogP contribution >= 0.6 is 0 Å². The van der Waals surface area contributed by atoms with Crippen molar-refractivity contribution in [2.24, 2.45) is 4.99 Å². The minimum absolute atomic E-state index is 1.75. The monoisotopic (exact) mass is 57.1 g/mol. The predicted molar refractivity (Wildman–Crippen MR) is 20.1 cm³/mol. The van der Waals surface area contributed by atoms with Crippen molar-refractivity contribution in [3.05, 3.63) is 0 Å². The SMILES string of the molecule is C/C=N/C. The molecular formula is C3H7N. The molecule has 0 aromatic heterocycles. The van der Waals surface area contributed by atoms with Crippen LogP contribution in [0, 0.1) is 0 Å². The molecule has 4 heavy (non-hydrogen) atoms. The van der Waals surface area contributed by atoms with Crippen LogP contribution in [0.5, 0.6) is 0 Å². The quantitative estimate of drug-likeness (QED) is 0.363. The standard InChI is InChI=1S/C3H7N/c1-3-4-2/h3H,1-2H3/b4-3+. The Balaban J connectivity index is 2.55. The third kappa shape index (κ3) is 1.67. The van der Waals surface area contributed by atoms with E-state index < -0.39 is 0 Å². The molecule has 0 aliphatic rings. The minimum atomic E-state index is 1.75. The molecule has 0 radical (unpaired) electrons. The van der Waals surface area contributed by atoms with E-state index in [2.05, 4.69) is 4.99 Å². The smallest absolute Gasteiger partial charge is 0.0273 e. The fourth-order valence-electron chi connectivity index (χ4n) is 0. The van der Waals surface area contributed by atoms with Crippen LogP contribution in [0.3, 0.4) is 0 Å². The Morgan fingerprint density at radius 3 is 2.00 bits per heavy atom. The third-order valence-corrected chi connectivity index (χ3v) is 0.258. The Hall–Kier alpha value is -0.330. The molecular weight excluding hydrogens is 50.0 g/mol. The Kier molecular flexibility index (Phi) is 2.45. The molecule has 1 nitrogen and oxygen atoms in total. The topological polar surface area (TPSA) is 12.4 Å². The molecule has 0 unspecified atom stereocenters. The molecule has 0 saturated heterocycles. The van der Waals surface area contributed by atoms with Crippen LogP contribution in [-0.4, -0.2) is 13.3 Å². The van der Waals surface area contributed by atoms with E-state index in [0.717, 1.165) is 0 Å². The van der Waals surface area contributed by atoms with Gasteiger partial charge in [-0.3, -0.25) is 0 Å². The highest BCUT2D eigenvalue weighted by atomic mass is 14.6. The van der Waals surface area contributed by atoms with Gasteiger partial charge < -0.3 is 4.99 Å². The summed E-state index contributed by atoms with van der Waals surface area (Å²) in [5, 5.41) is 0. The van der Waals surface area contributed by atoms with Gasteiger partial charge in [0.15, 0.2) is 0 Å². The molecule has 0 heterocycles. The zero-order chi connectivity index (χ0) is 3.41. The predicted octanol–water partition coefficient (Wildman–Crippen LogP) is 0.707. The lowest BCUT2D eigenvalue weighted by Gasteiger charge is -1.53. The summed E-state index contributed by atoms with van der Waals surface area (Å²) in [4.78, 5) is 3.61. The lowest BCUT2D eigenvalue weighted by molar-refractivity contribution is 1.46. The number of hydrogen-bond donors (Lipinski definition) is 0. The first-order chi connectivity index (χ1) is 1.91. The molecule has 0 saturated carbocycles. The normalized spacial score (nSPS) is 9.50. The molecule has 0 aromatic carbocycles. The highest BCUT2D eigenvalue weighted by molar-refractivity contribution is 5.52. The Morgan fingerprint density at radius 1 is 1.75 bits per heavy atom. The van der Waals surface area contributed by atoms with Crippen molar-refractivity contribution < 1.29 is 0 Å². The maximum Gasteiger partial charge on any atom is 0.0273 e. The molecule has 0 atom stereocenters. The molecule has 0 fully saturated rings. The van der Waals surface area contributed by atoms with E-state index in [0.29, 0.717) is 0 Å². The van der Waals surface area contributed by atoms with Crippen molar-refractivity contribution in [3.63, 3.8) is 0 Å². The summed E-state index contributed by atoms with van der Waals surface area (Å²) in [5.41, 5.74) is 0. The summed E-state index contributed by atoms with van der Waals surface area (Å²) >= 11 is 0.